The summed E-state index contributed by atoms with van der Waals surface area (Å²) in [6.07, 6.45) is 5.14. The molecule has 136 valence electrons. The van der Waals surface area contributed by atoms with E-state index >= 15 is 0 Å². The molecule has 0 spiro atoms. The molecule has 1 N–H and O–H groups in total. The molecule has 25 heavy (non-hydrogen) atoms. The van der Waals surface area contributed by atoms with E-state index in [0.29, 0.717) is 6.04 Å². The molecule has 0 amide bonds. The summed E-state index contributed by atoms with van der Waals surface area (Å²) in [5.41, 5.74) is 1.04. The van der Waals surface area contributed by atoms with Crippen LogP contribution in [-0.4, -0.2) is 66.4 Å². The van der Waals surface area contributed by atoms with Crippen molar-refractivity contribution in [2.75, 3.05) is 39.5 Å². The van der Waals surface area contributed by atoms with Crippen molar-refractivity contribution in [1.29, 1.82) is 0 Å². The molecule has 5 heteroatoms. The molecule has 1 aromatic rings. The average molecular weight is 361 g/mol. The van der Waals surface area contributed by atoms with Crippen LogP contribution in [0.1, 0.15) is 36.1 Å². The van der Waals surface area contributed by atoms with Gasteiger partial charge in [-0.2, -0.15) is 0 Å². The number of hydrogen-bond donors (Lipinski definition) is 1. The Morgan fingerprint density at radius 1 is 1.12 bits per heavy atom. The van der Waals surface area contributed by atoms with Crippen LogP contribution in [0.3, 0.4) is 0 Å². The highest BCUT2D eigenvalue weighted by molar-refractivity contribution is 7.10. The van der Waals surface area contributed by atoms with Gasteiger partial charge in [-0.1, -0.05) is 11.8 Å². The first-order chi connectivity index (χ1) is 12.3. The lowest BCUT2D eigenvalue weighted by Gasteiger charge is -2.36. The first kappa shape index (κ1) is 17.5. The number of aliphatic hydroxyl groups excluding tert-OH is 1. The van der Waals surface area contributed by atoms with Crippen LogP contribution in [0.4, 0.5) is 0 Å². The molecule has 0 aliphatic carbocycles. The molecule has 0 unspecified atom stereocenters. The third-order valence-electron chi connectivity index (χ3n) is 5.89. The molecule has 1 aromatic heterocycles. The summed E-state index contributed by atoms with van der Waals surface area (Å²) in [4.78, 5) is 6.88. The van der Waals surface area contributed by atoms with E-state index in [1.807, 2.05) is 0 Å². The van der Waals surface area contributed by atoms with Crippen LogP contribution in [0.5, 0.6) is 0 Å². The molecular formula is C20H28N2O2S. The Morgan fingerprint density at radius 2 is 2.00 bits per heavy atom. The van der Waals surface area contributed by atoms with Crippen molar-refractivity contribution in [3.63, 3.8) is 0 Å². The molecule has 5 heterocycles. The van der Waals surface area contributed by atoms with Gasteiger partial charge in [0.2, 0.25) is 0 Å². The Labute approximate surface area is 154 Å². The molecule has 2 atom stereocenters. The van der Waals surface area contributed by atoms with Crippen LogP contribution >= 0.6 is 11.3 Å². The second kappa shape index (κ2) is 8.20. The molecule has 4 aliphatic heterocycles. The predicted molar refractivity (Wildman–Crippen MR) is 101 cm³/mol. The summed E-state index contributed by atoms with van der Waals surface area (Å²) >= 11 is 1.80. The zero-order chi connectivity index (χ0) is 17.1. The predicted octanol–water partition coefficient (Wildman–Crippen LogP) is 2.17. The standard InChI is InChI=1S/C20H28N2O2S/c23-7-1-2-16-10-20(25-15-16)14-22-12-17-3-4-19(22)13-21(11-17)18-5-8-24-9-6-18/h10,15,17-19,23H,3-9,11-14H2/t17-,19+/m0/s1. The first-order valence-corrected chi connectivity index (χ1v) is 10.4. The Morgan fingerprint density at radius 3 is 2.84 bits per heavy atom. The molecule has 5 rings (SSSR count). The van der Waals surface area contributed by atoms with Gasteiger partial charge in [-0.3, -0.25) is 9.80 Å². The minimum Gasteiger partial charge on any atom is -0.384 e. The van der Waals surface area contributed by atoms with Crippen LogP contribution in [0.15, 0.2) is 11.4 Å². The lowest BCUT2D eigenvalue weighted by Crippen LogP contribution is -2.45. The van der Waals surface area contributed by atoms with Crippen molar-refractivity contribution in [1.82, 2.24) is 9.80 Å². The summed E-state index contributed by atoms with van der Waals surface area (Å²) in [7, 11) is 0. The number of aliphatic hydroxyl groups is 1. The lowest BCUT2D eigenvalue weighted by atomic mass is 9.95. The highest BCUT2D eigenvalue weighted by Gasteiger charge is 2.37. The maximum atomic E-state index is 8.84. The third-order valence-corrected chi connectivity index (χ3v) is 6.81. The zero-order valence-electron chi connectivity index (χ0n) is 14.8. The van der Waals surface area contributed by atoms with E-state index in [9.17, 15) is 0 Å². The van der Waals surface area contributed by atoms with Gasteiger partial charge in [0.1, 0.15) is 6.61 Å². The van der Waals surface area contributed by atoms with Crippen molar-refractivity contribution < 1.29 is 9.84 Å². The number of hydrogen-bond acceptors (Lipinski definition) is 5. The summed E-state index contributed by atoms with van der Waals surface area (Å²) < 4.78 is 5.56. The topological polar surface area (TPSA) is 35.9 Å². The molecule has 0 aromatic carbocycles. The number of ether oxygens (including phenoxy) is 1. The highest BCUT2D eigenvalue weighted by atomic mass is 32.1. The highest BCUT2D eigenvalue weighted by Crippen LogP contribution is 2.32. The van der Waals surface area contributed by atoms with Gasteiger partial charge in [0.05, 0.1) is 0 Å². The number of fused-ring (bicyclic) bond motifs is 4. The van der Waals surface area contributed by atoms with Crippen molar-refractivity contribution in [3.8, 4) is 11.8 Å². The number of nitrogens with zero attached hydrogens (tertiary/aromatic N) is 2. The van der Waals surface area contributed by atoms with Crippen molar-refractivity contribution in [2.24, 2.45) is 5.92 Å². The SMILES string of the molecule is OCC#Cc1csc(CN2C[C@H]3CC[C@@H]2CN(C2CCOCC2)C3)c1. The minimum absolute atomic E-state index is 0.0664. The zero-order valence-corrected chi connectivity index (χ0v) is 15.6. The van der Waals surface area contributed by atoms with Gasteiger partial charge in [0, 0.05) is 67.3 Å². The molecular weight excluding hydrogens is 332 g/mol. The second-order valence-electron chi connectivity index (χ2n) is 7.59. The maximum absolute atomic E-state index is 8.84. The normalized spacial score (nSPS) is 28.5. The fourth-order valence-corrected chi connectivity index (χ4v) is 5.47. The van der Waals surface area contributed by atoms with Crippen LogP contribution in [0, 0.1) is 17.8 Å². The van der Waals surface area contributed by atoms with Gasteiger partial charge in [0.25, 0.3) is 0 Å². The third kappa shape index (κ3) is 4.27. The smallest absolute Gasteiger partial charge is 0.104 e. The fourth-order valence-electron chi connectivity index (χ4n) is 4.63. The van der Waals surface area contributed by atoms with Gasteiger partial charge in [-0.15, -0.1) is 11.3 Å². The van der Waals surface area contributed by atoms with Gasteiger partial charge in [0.15, 0.2) is 0 Å². The molecule has 0 saturated carbocycles. The molecule has 4 nitrogen and oxygen atoms in total. The van der Waals surface area contributed by atoms with E-state index in [-0.39, 0.29) is 6.61 Å². The number of thiophene rings is 1. The van der Waals surface area contributed by atoms with E-state index in [1.54, 1.807) is 11.3 Å². The van der Waals surface area contributed by atoms with E-state index < -0.39 is 0 Å². The summed E-state index contributed by atoms with van der Waals surface area (Å²) in [5.74, 6) is 6.58. The van der Waals surface area contributed by atoms with Crippen molar-refractivity contribution in [2.45, 2.75) is 44.3 Å². The molecule has 4 fully saturated rings. The van der Waals surface area contributed by atoms with Gasteiger partial charge >= 0.3 is 0 Å². The summed E-state index contributed by atoms with van der Waals surface area (Å²) in [5, 5.41) is 11.0. The average Bonchev–Trinajstić information content (AvgIpc) is 2.89. The van der Waals surface area contributed by atoms with Crippen LogP contribution in [0.2, 0.25) is 0 Å². The molecule has 2 bridgehead atoms. The van der Waals surface area contributed by atoms with Gasteiger partial charge < -0.3 is 9.84 Å². The lowest BCUT2D eigenvalue weighted by molar-refractivity contribution is 0.0308. The van der Waals surface area contributed by atoms with Crippen molar-refractivity contribution >= 4 is 11.3 Å². The van der Waals surface area contributed by atoms with E-state index in [4.69, 9.17) is 9.84 Å². The van der Waals surface area contributed by atoms with Crippen LogP contribution < -0.4 is 0 Å². The second-order valence-corrected chi connectivity index (χ2v) is 8.58. The fraction of sp³-hybridized carbons (Fsp3) is 0.700. The summed E-state index contributed by atoms with van der Waals surface area (Å²) in [6.45, 7) is 6.59. The minimum atomic E-state index is -0.0664. The van der Waals surface area contributed by atoms with Crippen molar-refractivity contribution in [3.05, 3.63) is 21.9 Å². The summed E-state index contributed by atoms with van der Waals surface area (Å²) in [6, 6.07) is 3.62. The van der Waals surface area contributed by atoms with E-state index in [0.717, 1.165) is 37.3 Å². The maximum Gasteiger partial charge on any atom is 0.104 e. The van der Waals surface area contributed by atoms with E-state index in [2.05, 4.69) is 33.1 Å². The number of rotatable bonds is 3. The van der Waals surface area contributed by atoms with E-state index in [1.165, 1.54) is 50.2 Å². The quantitative estimate of drug-likeness (QED) is 0.838. The first-order valence-electron chi connectivity index (χ1n) is 9.55. The van der Waals surface area contributed by atoms with Gasteiger partial charge in [-0.05, 0) is 37.7 Å². The Balaban J connectivity index is 1.41. The van der Waals surface area contributed by atoms with Gasteiger partial charge in [-0.25, -0.2) is 0 Å². The Kier molecular flexibility index (Phi) is 5.74. The molecule has 4 saturated heterocycles. The molecule has 4 aliphatic rings. The largest absolute Gasteiger partial charge is 0.384 e. The Hall–Kier alpha value is -0.900. The Bertz CT molecular complexity index is 629. The monoisotopic (exact) mass is 360 g/mol. The van der Waals surface area contributed by atoms with Crippen LogP contribution in [0.25, 0.3) is 0 Å². The number of piperidine rings is 1. The van der Waals surface area contributed by atoms with Crippen LogP contribution in [-0.2, 0) is 11.3 Å². The molecule has 0 radical (unpaired) electrons.